The van der Waals surface area contributed by atoms with Gasteiger partial charge in [-0.3, -0.25) is 28.8 Å². The lowest BCUT2D eigenvalue weighted by molar-refractivity contribution is -0.586. The summed E-state index contributed by atoms with van der Waals surface area (Å²) < 4.78 is 72.8. The molecular formula is C61H88O24. The van der Waals surface area contributed by atoms with Gasteiger partial charge in [0.1, 0.15) is 13.2 Å². The Kier molecular flexibility index (Phi) is 16.6. The molecule has 12 saturated heterocycles. The normalized spacial score (nSPS) is 48.3. The summed E-state index contributed by atoms with van der Waals surface area (Å²) in [5.74, 6) is -7.69. The predicted octanol–water partition coefficient (Wildman–Crippen LogP) is 7.97. The van der Waals surface area contributed by atoms with Crippen LogP contribution in [0.4, 0.5) is 0 Å². The van der Waals surface area contributed by atoms with Crippen molar-refractivity contribution in [2.24, 2.45) is 70.5 Å². The van der Waals surface area contributed by atoms with E-state index in [4.69, 9.17) is 86.2 Å². The molecule has 0 aromatic heterocycles. The molecule has 25 atom stereocenters. The number of hydrogen-bond donors (Lipinski definition) is 0. The van der Waals surface area contributed by atoms with E-state index in [2.05, 4.69) is 27.7 Å². The molecule has 0 amide bonds. The van der Waals surface area contributed by atoms with Crippen LogP contribution in [0.25, 0.3) is 0 Å². The largest absolute Gasteiger partial charge is 0.462 e. The van der Waals surface area contributed by atoms with Crippen LogP contribution in [0, 0.1) is 70.5 Å². The number of hydrogen-bond acceptors (Lipinski definition) is 24. The van der Waals surface area contributed by atoms with Crippen molar-refractivity contribution >= 4 is 35.8 Å². The molecule has 0 aromatic carbocycles. The molecule has 3 spiro atoms. The zero-order chi connectivity index (χ0) is 60.2. The molecule has 0 aromatic rings. The molecule has 3 saturated carbocycles. The van der Waals surface area contributed by atoms with E-state index in [1.54, 1.807) is 13.8 Å². The minimum atomic E-state index is -1.37. The van der Waals surface area contributed by atoms with E-state index in [1.165, 1.54) is 0 Å². The molecule has 1 unspecified atom stereocenters. The maximum atomic E-state index is 13.5. The standard InChI is InChI=1S/C61H88O24/c1-31-11-13-41-34(4)49(74-52-59(41)38(31)22-26-56(8,77-52)80-83-59)71-46(65)17-15-43(62)68-29-37(70-45(64)19-20-47(66)72-50-35(5)42-14-12-32(2)39-23-27-57(9)78-53(75-50)60(39,42)84-81-57)30-69-44(63)16-18-48(67)73-51-36(6)55(7)25-21-33(3)40-24-28-58(10)79-54(76-51)61(40,55)85-82-58/h31-42,49-54H,11-30H2,1-10H3/t31-,32-,33-,34-,35-,36+,37?,38+,39+,40+,41+,42+,49-,50-,51-,52-,53-,54-,55+,56-,57-,58-,59-,60-,61+/m1/s1. The van der Waals surface area contributed by atoms with Crippen molar-refractivity contribution in [2.45, 2.75) is 263 Å². The Morgan fingerprint density at radius 1 is 0.412 bits per heavy atom. The van der Waals surface area contributed by atoms with E-state index >= 15 is 0 Å². The predicted molar refractivity (Wildman–Crippen MR) is 283 cm³/mol. The third-order valence-electron chi connectivity index (χ3n) is 22.6. The zero-order valence-electron chi connectivity index (χ0n) is 50.8. The van der Waals surface area contributed by atoms with Gasteiger partial charge in [0.05, 0.1) is 38.5 Å². The summed E-state index contributed by atoms with van der Waals surface area (Å²) in [7, 11) is 0. The van der Waals surface area contributed by atoms with Gasteiger partial charge in [-0.25, -0.2) is 29.3 Å². The third kappa shape index (κ3) is 10.7. The number of carbonyl (C=O) groups excluding carboxylic acids is 6. The second kappa shape index (κ2) is 23.0. The van der Waals surface area contributed by atoms with Gasteiger partial charge in [0, 0.05) is 54.3 Å². The van der Waals surface area contributed by atoms with Crippen molar-refractivity contribution in [3.63, 3.8) is 0 Å². The smallest absolute Gasteiger partial charge is 0.308 e. The molecule has 24 heteroatoms. The first-order chi connectivity index (χ1) is 40.3. The average molecular weight is 1210 g/mol. The molecule has 0 radical (unpaired) electrons. The number of carbonyl (C=O) groups is 6. The average Bonchev–Trinajstić information content (AvgIpc) is 1.77. The lowest BCUT2D eigenvalue weighted by atomic mass is 9.50. The maximum absolute atomic E-state index is 13.5. The first-order valence-corrected chi connectivity index (χ1v) is 31.5. The van der Waals surface area contributed by atoms with Crippen LogP contribution in [0.5, 0.6) is 0 Å². The van der Waals surface area contributed by atoms with E-state index in [9.17, 15) is 28.8 Å². The first kappa shape index (κ1) is 61.6. The lowest BCUT2D eigenvalue weighted by Crippen LogP contribution is -2.74. The van der Waals surface area contributed by atoms with Crippen molar-refractivity contribution in [1.29, 1.82) is 0 Å². The van der Waals surface area contributed by atoms with Gasteiger partial charge in [-0.05, 0) is 114 Å². The van der Waals surface area contributed by atoms with Crippen LogP contribution in [0.1, 0.15) is 185 Å². The first-order valence-electron chi connectivity index (χ1n) is 31.5. The van der Waals surface area contributed by atoms with Crippen molar-refractivity contribution in [1.82, 2.24) is 0 Å². The van der Waals surface area contributed by atoms with Crippen LogP contribution in [0.2, 0.25) is 0 Å². The quantitative estimate of drug-likeness (QED) is 0.0758. The molecule has 12 aliphatic heterocycles. The SMILES string of the molecule is C[C@H]1[C@H](OC(=O)CCC(=O)OCC(COC(=O)CCC(=O)O[C@@H]2O[C@@H]3O[C@@]4(C)CC[C@H]5[C@H](C)CC[C@@](C)([C@H]2C)[C@@]35OO4)OC(=O)CCC(=O)O[C@@H]2O[C@@H]3O[C@@]4(C)CC[C@H]5[C@H](C)CC[C@@H]([C@H]2C)[C@@]35OO4)O[C@@H]2O[C@@]3(C)CC[C@H]4[C@H](C)CC[C@@H]1[C@@]24OO3. The van der Waals surface area contributed by atoms with Crippen LogP contribution in [-0.4, -0.2) is 127 Å². The summed E-state index contributed by atoms with van der Waals surface area (Å²) in [6, 6.07) is 0. The minimum absolute atomic E-state index is 0.0831. The van der Waals surface area contributed by atoms with Gasteiger partial charge in [-0.15, -0.1) is 0 Å². The molecule has 15 aliphatic rings. The van der Waals surface area contributed by atoms with Crippen molar-refractivity contribution in [3.05, 3.63) is 0 Å². The lowest BCUT2D eigenvalue weighted by Gasteiger charge is -2.65. The summed E-state index contributed by atoms with van der Waals surface area (Å²) in [5, 5.41) is 0. The Balaban J connectivity index is 0.648. The number of rotatable bonds is 17. The van der Waals surface area contributed by atoms with E-state index in [-0.39, 0.29) is 60.2 Å². The molecule has 15 fully saturated rings. The van der Waals surface area contributed by atoms with Gasteiger partial charge in [-0.2, -0.15) is 0 Å². The van der Waals surface area contributed by atoms with Crippen LogP contribution < -0.4 is 0 Å². The van der Waals surface area contributed by atoms with Gasteiger partial charge < -0.3 is 56.8 Å². The van der Waals surface area contributed by atoms with Crippen LogP contribution in [0.15, 0.2) is 0 Å². The Bertz CT molecular complexity index is 2570. The van der Waals surface area contributed by atoms with E-state index in [0.717, 1.165) is 57.8 Å². The minimum Gasteiger partial charge on any atom is -0.462 e. The highest BCUT2D eigenvalue weighted by molar-refractivity contribution is 5.79. The summed E-state index contributed by atoms with van der Waals surface area (Å²) in [5.41, 5.74) is -3.20. The molecule has 85 heavy (non-hydrogen) atoms. The Morgan fingerprint density at radius 2 is 0.812 bits per heavy atom. The highest BCUT2D eigenvalue weighted by atomic mass is 17.3. The second-order valence-electron chi connectivity index (χ2n) is 27.9. The van der Waals surface area contributed by atoms with Crippen molar-refractivity contribution < 1.29 is 115 Å². The molecule has 12 heterocycles. The fraction of sp³-hybridized carbons (Fsp3) is 0.902. The summed E-state index contributed by atoms with van der Waals surface area (Å²) in [6.07, 6.45) is 0.0776. The van der Waals surface area contributed by atoms with Crippen molar-refractivity contribution in [2.75, 3.05) is 13.2 Å². The molecule has 6 bridgehead atoms. The monoisotopic (exact) mass is 1200 g/mol. The zero-order valence-corrected chi connectivity index (χ0v) is 50.8. The van der Waals surface area contributed by atoms with Crippen LogP contribution in [0.3, 0.4) is 0 Å². The molecule has 24 nitrogen and oxygen atoms in total. The highest BCUT2D eigenvalue weighted by Crippen LogP contribution is 2.67. The summed E-state index contributed by atoms with van der Waals surface area (Å²) >= 11 is 0. The van der Waals surface area contributed by atoms with Gasteiger partial charge in [-0.1, -0.05) is 48.5 Å². The van der Waals surface area contributed by atoms with Gasteiger partial charge in [0.25, 0.3) is 0 Å². The molecular weight excluding hydrogens is 1120 g/mol. The topological polar surface area (TPSA) is 269 Å². The van der Waals surface area contributed by atoms with Crippen LogP contribution >= 0.6 is 0 Å². The number of ether oxygens (including phenoxy) is 12. The fourth-order valence-corrected chi connectivity index (χ4v) is 17.4. The van der Waals surface area contributed by atoms with Crippen molar-refractivity contribution in [3.8, 4) is 0 Å². The van der Waals surface area contributed by atoms with Crippen LogP contribution in [-0.2, 0) is 115 Å². The van der Waals surface area contributed by atoms with Gasteiger partial charge in [0.15, 0.2) is 41.8 Å². The Morgan fingerprint density at radius 3 is 1.31 bits per heavy atom. The molecule has 15 rings (SSSR count). The van der Waals surface area contributed by atoms with E-state index < -0.39 is 158 Å². The molecule has 0 N–H and O–H groups in total. The number of fused-ring (bicyclic) bond motifs is 6. The highest BCUT2D eigenvalue weighted by Gasteiger charge is 2.76. The van der Waals surface area contributed by atoms with E-state index in [1.807, 2.05) is 27.7 Å². The summed E-state index contributed by atoms with van der Waals surface area (Å²) in [6.45, 7) is 18.8. The molecule has 3 aliphatic carbocycles. The fourth-order valence-electron chi connectivity index (χ4n) is 17.4. The Hall–Kier alpha value is -3.66. The molecule has 476 valence electrons. The maximum Gasteiger partial charge on any atom is 0.308 e. The van der Waals surface area contributed by atoms with E-state index in [0.29, 0.717) is 37.0 Å². The summed E-state index contributed by atoms with van der Waals surface area (Å²) in [4.78, 5) is 117. The van der Waals surface area contributed by atoms with Gasteiger partial charge >= 0.3 is 35.8 Å². The number of esters is 6. The third-order valence-corrected chi connectivity index (χ3v) is 22.6. The second-order valence-corrected chi connectivity index (χ2v) is 27.9. The Labute approximate surface area is 495 Å². The van der Waals surface area contributed by atoms with Gasteiger partial charge in [0.2, 0.25) is 36.2 Å².